The number of rotatable bonds is 2. The zero-order chi connectivity index (χ0) is 11.8. The SMILES string of the molecule is CCOc1cc2c3c(c(C)cc2cn1)C=CC3. The molecule has 86 valence electrons. The molecule has 0 saturated heterocycles. The third-order valence-corrected chi connectivity index (χ3v) is 3.26. The van der Waals surface area contributed by atoms with Crippen LogP contribution in [0.15, 0.2) is 24.4 Å². The van der Waals surface area contributed by atoms with E-state index in [2.05, 4.69) is 36.2 Å². The number of allylic oxidation sites excluding steroid dienone is 1. The molecule has 0 atom stereocenters. The van der Waals surface area contributed by atoms with Crippen LogP contribution in [0.5, 0.6) is 5.88 Å². The van der Waals surface area contributed by atoms with Crippen LogP contribution >= 0.6 is 0 Å². The van der Waals surface area contributed by atoms with Crippen molar-refractivity contribution in [3.63, 3.8) is 0 Å². The van der Waals surface area contributed by atoms with Gasteiger partial charge in [0.15, 0.2) is 0 Å². The first-order valence-corrected chi connectivity index (χ1v) is 6.01. The summed E-state index contributed by atoms with van der Waals surface area (Å²) in [5.41, 5.74) is 4.10. The molecule has 0 bridgehead atoms. The van der Waals surface area contributed by atoms with Gasteiger partial charge in [0.2, 0.25) is 5.88 Å². The Morgan fingerprint density at radius 2 is 2.24 bits per heavy atom. The second-order valence-electron chi connectivity index (χ2n) is 4.37. The normalized spacial score (nSPS) is 13.1. The molecule has 2 heteroatoms. The van der Waals surface area contributed by atoms with Crippen molar-refractivity contribution < 1.29 is 4.74 Å². The molecule has 0 fully saturated rings. The first-order valence-electron chi connectivity index (χ1n) is 6.01. The Morgan fingerprint density at radius 3 is 3.06 bits per heavy atom. The zero-order valence-corrected chi connectivity index (χ0v) is 10.2. The van der Waals surface area contributed by atoms with Crippen molar-refractivity contribution in [2.45, 2.75) is 20.3 Å². The van der Waals surface area contributed by atoms with Crippen LogP contribution in [0.2, 0.25) is 0 Å². The highest BCUT2D eigenvalue weighted by Gasteiger charge is 2.13. The van der Waals surface area contributed by atoms with Crippen molar-refractivity contribution in [2.75, 3.05) is 6.61 Å². The van der Waals surface area contributed by atoms with Crippen LogP contribution < -0.4 is 4.74 Å². The van der Waals surface area contributed by atoms with Crippen molar-refractivity contribution in [3.05, 3.63) is 41.1 Å². The van der Waals surface area contributed by atoms with Gasteiger partial charge in [-0.25, -0.2) is 4.98 Å². The minimum atomic E-state index is 0.658. The third kappa shape index (κ3) is 1.60. The number of hydrogen-bond acceptors (Lipinski definition) is 2. The highest BCUT2D eigenvalue weighted by atomic mass is 16.5. The Balaban J connectivity index is 2.26. The van der Waals surface area contributed by atoms with E-state index in [-0.39, 0.29) is 0 Å². The lowest BCUT2D eigenvalue weighted by Crippen LogP contribution is -1.96. The summed E-state index contributed by atoms with van der Waals surface area (Å²) in [6.45, 7) is 4.79. The van der Waals surface area contributed by atoms with E-state index >= 15 is 0 Å². The van der Waals surface area contributed by atoms with E-state index in [1.807, 2.05) is 13.1 Å². The van der Waals surface area contributed by atoms with Crippen LogP contribution in [0, 0.1) is 6.92 Å². The van der Waals surface area contributed by atoms with Gasteiger partial charge in [0, 0.05) is 17.6 Å². The fourth-order valence-electron chi connectivity index (χ4n) is 2.49. The molecular weight excluding hydrogens is 210 g/mol. The first kappa shape index (κ1) is 10.3. The number of aromatic nitrogens is 1. The number of fused-ring (bicyclic) bond motifs is 3. The minimum absolute atomic E-state index is 0.658. The molecule has 3 rings (SSSR count). The number of hydrogen-bond donors (Lipinski definition) is 0. The van der Waals surface area contributed by atoms with E-state index in [1.165, 1.54) is 27.5 Å². The van der Waals surface area contributed by atoms with Gasteiger partial charge < -0.3 is 4.74 Å². The Hall–Kier alpha value is -1.83. The van der Waals surface area contributed by atoms with Crippen LogP contribution in [0.4, 0.5) is 0 Å². The van der Waals surface area contributed by atoms with Crippen molar-refractivity contribution in [1.29, 1.82) is 0 Å². The second kappa shape index (κ2) is 3.88. The predicted octanol–water partition coefficient (Wildman–Crippen LogP) is 3.51. The summed E-state index contributed by atoms with van der Waals surface area (Å²) in [5.74, 6) is 0.720. The van der Waals surface area contributed by atoms with Gasteiger partial charge >= 0.3 is 0 Å². The highest BCUT2D eigenvalue weighted by Crippen LogP contribution is 2.32. The van der Waals surface area contributed by atoms with Crippen molar-refractivity contribution in [1.82, 2.24) is 4.98 Å². The Kier molecular flexibility index (Phi) is 2.36. The Labute approximate surface area is 101 Å². The maximum atomic E-state index is 5.47. The topological polar surface area (TPSA) is 22.1 Å². The zero-order valence-electron chi connectivity index (χ0n) is 10.2. The lowest BCUT2D eigenvalue weighted by molar-refractivity contribution is 0.327. The van der Waals surface area contributed by atoms with E-state index in [0.717, 1.165) is 12.3 Å². The van der Waals surface area contributed by atoms with Gasteiger partial charge in [-0.15, -0.1) is 0 Å². The first-order chi connectivity index (χ1) is 8.29. The number of ether oxygens (including phenoxy) is 1. The number of nitrogens with zero attached hydrogens (tertiary/aromatic N) is 1. The number of aryl methyl sites for hydroxylation is 1. The predicted molar refractivity (Wildman–Crippen MR) is 70.4 cm³/mol. The van der Waals surface area contributed by atoms with Crippen molar-refractivity contribution >= 4 is 16.8 Å². The number of benzene rings is 1. The molecule has 0 radical (unpaired) electrons. The largest absolute Gasteiger partial charge is 0.478 e. The molecule has 1 aromatic heterocycles. The minimum Gasteiger partial charge on any atom is -0.478 e. The maximum Gasteiger partial charge on any atom is 0.213 e. The summed E-state index contributed by atoms with van der Waals surface area (Å²) < 4.78 is 5.47. The lowest BCUT2D eigenvalue weighted by atomic mass is 9.98. The molecule has 2 aromatic rings. The summed E-state index contributed by atoms with van der Waals surface area (Å²) in [7, 11) is 0. The molecule has 1 aromatic carbocycles. The molecule has 1 aliphatic rings. The molecule has 2 nitrogen and oxygen atoms in total. The fraction of sp³-hybridized carbons (Fsp3) is 0.267. The van der Waals surface area contributed by atoms with Crippen molar-refractivity contribution in [2.24, 2.45) is 0 Å². The monoisotopic (exact) mass is 225 g/mol. The van der Waals surface area contributed by atoms with E-state index in [0.29, 0.717) is 6.61 Å². The van der Waals surface area contributed by atoms with Gasteiger partial charge in [0.25, 0.3) is 0 Å². The maximum absolute atomic E-state index is 5.47. The summed E-state index contributed by atoms with van der Waals surface area (Å²) in [4.78, 5) is 4.32. The van der Waals surface area contributed by atoms with Gasteiger partial charge in [-0.2, -0.15) is 0 Å². The fourth-order valence-corrected chi connectivity index (χ4v) is 2.49. The van der Waals surface area contributed by atoms with Gasteiger partial charge in [-0.1, -0.05) is 12.2 Å². The smallest absolute Gasteiger partial charge is 0.213 e. The summed E-state index contributed by atoms with van der Waals surface area (Å²) in [6.07, 6.45) is 7.36. The standard InChI is InChI=1S/C15H15NO/c1-3-17-15-8-14-11(9-16-15)7-10(2)12-5-4-6-13(12)14/h4-5,7-9H,3,6H2,1-2H3. The van der Waals surface area contributed by atoms with Crippen LogP contribution in [0.1, 0.15) is 23.6 Å². The molecule has 0 saturated carbocycles. The molecular formula is C15H15NO. The Bertz CT molecular complexity index is 614. The van der Waals surface area contributed by atoms with Crippen LogP contribution in [-0.4, -0.2) is 11.6 Å². The van der Waals surface area contributed by atoms with Crippen molar-refractivity contribution in [3.8, 4) is 5.88 Å². The van der Waals surface area contributed by atoms with Crippen LogP contribution in [0.3, 0.4) is 0 Å². The summed E-state index contributed by atoms with van der Waals surface area (Å²) in [5, 5.41) is 2.47. The quantitative estimate of drug-likeness (QED) is 0.780. The van der Waals surface area contributed by atoms with Gasteiger partial charge in [-0.3, -0.25) is 0 Å². The third-order valence-electron chi connectivity index (χ3n) is 3.26. The van der Waals surface area contributed by atoms with Crippen LogP contribution in [0.25, 0.3) is 16.8 Å². The summed E-state index contributed by atoms with van der Waals surface area (Å²) in [6, 6.07) is 4.26. The summed E-state index contributed by atoms with van der Waals surface area (Å²) >= 11 is 0. The van der Waals surface area contributed by atoms with E-state index in [4.69, 9.17) is 4.74 Å². The molecule has 0 amide bonds. The molecule has 0 N–H and O–H groups in total. The van der Waals surface area contributed by atoms with E-state index < -0.39 is 0 Å². The second-order valence-corrected chi connectivity index (χ2v) is 4.37. The Morgan fingerprint density at radius 1 is 1.35 bits per heavy atom. The molecule has 1 heterocycles. The van der Waals surface area contributed by atoms with E-state index in [9.17, 15) is 0 Å². The molecule has 0 unspecified atom stereocenters. The average Bonchev–Trinajstić information content (AvgIpc) is 2.80. The van der Waals surface area contributed by atoms with E-state index in [1.54, 1.807) is 0 Å². The lowest BCUT2D eigenvalue weighted by Gasteiger charge is -2.10. The average molecular weight is 225 g/mol. The van der Waals surface area contributed by atoms with Gasteiger partial charge in [0.05, 0.1) is 6.61 Å². The number of pyridine rings is 1. The molecule has 0 aliphatic heterocycles. The van der Waals surface area contributed by atoms with Crippen LogP contribution in [-0.2, 0) is 6.42 Å². The molecule has 17 heavy (non-hydrogen) atoms. The highest BCUT2D eigenvalue weighted by molar-refractivity contribution is 5.91. The van der Waals surface area contributed by atoms with Gasteiger partial charge in [0.1, 0.15) is 0 Å². The molecule has 1 aliphatic carbocycles. The van der Waals surface area contributed by atoms with Gasteiger partial charge in [-0.05, 0) is 48.4 Å². The molecule has 0 spiro atoms.